The van der Waals surface area contributed by atoms with E-state index in [-0.39, 0.29) is 23.3 Å². The highest BCUT2D eigenvalue weighted by Crippen LogP contribution is 2.33. The van der Waals surface area contributed by atoms with Gasteiger partial charge in [-0.3, -0.25) is 9.59 Å². The molecule has 0 atom stereocenters. The van der Waals surface area contributed by atoms with Crippen LogP contribution in [0.5, 0.6) is 34.5 Å². The Morgan fingerprint density at radius 1 is 0.603 bits per heavy atom. The summed E-state index contributed by atoms with van der Waals surface area (Å²) in [5, 5.41) is 5.59. The summed E-state index contributed by atoms with van der Waals surface area (Å²) >= 11 is 0. The van der Waals surface area contributed by atoms with Crippen molar-refractivity contribution in [3.8, 4) is 34.5 Å². The number of rotatable bonds is 14. The lowest BCUT2D eigenvalue weighted by atomic mass is 10.0. The summed E-state index contributed by atoms with van der Waals surface area (Å²) < 4.78 is 43.0. The monoisotopic (exact) mass is 999 g/mol. The van der Waals surface area contributed by atoms with Gasteiger partial charge in [-0.2, -0.15) is 0 Å². The number of likely N-dealkylation sites (tertiary alicyclic amines) is 2. The molecular weight excluding hydrogens is 929 g/mol. The van der Waals surface area contributed by atoms with Crippen LogP contribution in [-0.2, 0) is 30.9 Å². The molecule has 2 saturated heterocycles. The predicted octanol–water partition coefficient (Wildman–Crippen LogP) is 7.72. The lowest BCUT2D eigenvalue weighted by Gasteiger charge is -2.39. The van der Waals surface area contributed by atoms with Crippen LogP contribution in [0.25, 0.3) is 21.8 Å². The molecular formula is C57H70N6O10. The van der Waals surface area contributed by atoms with Gasteiger partial charge in [0.25, 0.3) is 11.1 Å². The van der Waals surface area contributed by atoms with Crippen LogP contribution in [0, 0.1) is 0 Å². The number of hydrogen-bond acceptors (Lipinski definition) is 13. The summed E-state index contributed by atoms with van der Waals surface area (Å²) in [6.07, 6.45) is 3.53. The minimum Gasteiger partial charge on any atom is -0.496 e. The molecule has 2 fully saturated rings. The number of piperidine rings is 2. The maximum atomic E-state index is 13.3. The Hall–Kier alpha value is -6.75. The third-order valence-electron chi connectivity index (χ3n) is 14.1. The van der Waals surface area contributed by atoms with Gasteiger partial charge in [0.2, 0.25) is 0 Å². The number of pyridine rings is 2. The van der Waals surface area contributed by atoms with Crippen LogP contribution in [0.3, 0.4) is 0 Å². The molecule has 0 radical (unpaired) electrons. The highest BCUT2D eigenvalue weighted by atomic mass is 16.6. The smallest absolute Gasteiger partial charge is 0.410 e. The lowest BCUT2D eigenvalue weighted by Crippen LogP contribution is -2.49. The van der Waals surface area contributed by atoms with E-state index in [0.29, 0.717) is 69.4 Å². The number of nitrogens with one attached hydrogen (secondary N) is 1. The summed E-state index contributed by atoms with van der Waals surface area (Å²) in [6.45, 7) is 15.8. The predicted molar refractivity (Wildman–Crippen MR) is 282 cm³/mol. The molecule has 0 spiro atoms. The molecule has 16 nitrogen and oxygen atoms in total. The van der Waals surface area contributed by atoms with E-state index in [9.17, 15) is 14.4 Å². The van der Waals surface area contributed by atoms with E-state index in [4.69, 9.17) is 33.2 Å². The van der Waals surface area contributed by atoms with Crippen molar-refractivity contribution >= 4 is 27.9 Å². The minimum absolute atomic E-state index is 0.0125. The minimum atomic E-state index is -0.586. The van der Waals surface area contributed by atoms with Crippen LogP contribution in [-0.4, -0.2) is 128 Å². The Labute approximate surface area is 427 Å². The molecule has 0 unspecified atom stereocenters. The molecule has 1 N–H and O–H groups in total. The molecule has 4 aliphatic rings. The first-order valence-corrected chi connectivity index (χ1v) is 25.7. The molecule has 388 valence electrons. The van der Waals surface area contributed by atoms with Gasteiger partial charge in [-0.15, -0.1) is 0 Å². The zero-order valence-corrected chi connectivity index (χ0v) is 42.9. The molecule has 0 aliphatic carbocycles. The van der Waals surface area contributed by atoms with E-state index >= 15 is 0 Å². The number of nitrogens with zero attached hydrogens (tertiary/aromatic N) is 5. The Kier molecular flexibility index (Phi) is 16.4. The van der Waals surface area contributed by atoms with Crippen LogP contribution >= 0.6 is 0 Å². The van der Waals surface area contributed by atoms with E-state index in [2.05, 4.69) is 27.2 Å². The van der Waals surface area contributed by atoms with Crippen molar-refractivity contribution in [1.29, 1.82) is 0 Å². The molecule has 0 saturated carbocycles. The first-order valence-electron chi connectivity index (χ1n) is 25.7. The van der Waals surface area contributed by atoms with E-state index < -0.39 is 5.60 Å². The number of carbonyl (C=O) groups excluding carboxylic acids is 1. The molecule has 0 bridgehead atoms. The quantitative estimate of drug-likeness (QED) is 0.114. The molecule has 16 heteroatoms. The lowest BCUT2D eigenvalue weighted by molar-refractivity contribution is 0.00562. The van der Waals surface area contributed by atoms with Gasteiger partial charge in [0.05, 0.1) is 25.3 Å². The van der Waals surface area contributed by atoms with Crippen LogP contribution in [0.4, 0.5) is 4.79 Å². The fourth-order valence-electron chi connectivity index (χ4n) is 10.2. The fourth-order valence-corrected chi connectivity index (χ4v) is 10.2. The summed E-state index contributed by atoms with van der Waals surface area (Å²) in [4.78, 5) is 45.6. The third-order valence-corrected chi connectivity index (χ3v) is 14.1. The molecule has 73 heavy (non-hydrogen) atoms. The Morgan fingerprint density at radius 2 is 1.07 bits per heavy atom. The van der Waals surface area contributed by atoms with Crippen molar-refractivity contribution in [2.45, 2.75) is 90.3 Å². The Bertz CT molecular complexity index is 2970. The standard InChI is InChI=1S/C31H39N3O6.C26H31N3O4/c1-31(2,3)40-30(36)34(21-22-9-10-26-28(19-22)39-18-17-38-26)23-11-13-32(14-12-23)15-16-33-25-8-6-5-7-24(25)27(37-4)20-29(33)35;1-31-24-17-26(30)29(22-5-3-2-4-21(22)24)13-12-28-10-8-20(9-11-28)27-18-19-6-7-23-25(16-19)33-15-14-32-23/h5-10,19-20,23H,11-18,21H2,1-4H3;2-7,16-17,20,27H,8-15,18H2,1H3. The van der Waals surface area contributed by atoms with Gasteiger partial charge in [-0.05, 0) is 119 Å². The highest BCUT2D eigenvalue weighted by Gasteiger charge is 2.32. The van der Waals surface area contributed by atoms with Crippen molar-refractivity contribution in [2.75, 3.05) is 79.9 Å². The normalized spacial score (nSPS) is 16.4. The first-order chi connectivity index (χ1) is 35.4. The Morgan fingerprint density at radius 3 is 1.58 bits per heavy atom. The molecule has 6 heterocycles. The van der Waals surface area contributed by atoms with Gasteiger partial charge in [-0.1, -0.05) is 36.4 Å². The van der Waals surface area contributed by atoms with Crippen LogP contribution in [0.1, 0.15) is 57.6 Å². The average Bonchev–Trinajstić information content (AvgIpc) is 3.41. The molecule has 10 rings (SSSR count). The number of aromatic nitrogens is 2. The molecule has 6 aromatic rings. The number of fused-ring (bicyclic) bond motifs is 4. The maximum absolute atomic E-state index is 13.3. The molecule has 4 aromatic carbocycles. The second-order valence-electron chi connectivity index (χ2n) is 20.1. The van der Waals surface area contributed by atoms with E-state index in [0.717, 1.165) is 116 Å². The van der Waals surface area contributed by atoms with Crippen molar-refractivity contribution in [3.63, 3.8) is 0 Å². The van der Waals surface area contributed by atoms with Crippen molar-refractivity contribution in [3.05, 3.63) is 129 Å². The maximum Gasteiger partial charge on any atom is 0.410 e. The van der Waals surface area contributed by atoms with Crippen molar-refractivity contribution < 1.29 is 38.0 Å². The van der Waals surface area contributed by atoms with Gasteiger partial charge >= 0.3 is 6.09 Å². The van der Waals surface area contributed by atoms with E-state index in [1.807, 2.05) is 108 Å². The summed E-state index contributed by atoms with van der Waals surface area (Å²) in [5.41, 5.74) is 3.32. The SMILES string of the molecule is COc1cc(=O)n(CCN2CCC(N(Cc3ccc4c(c3)OCCO4)C(=O)OC(C)(C)C)CC2)c2ccccc12.COc1cc(=O)n(CCN2CCC(NCc3ccc4c(c3)OCCO4)CC2)c2ccccc12. The van der Waals surface area contributed by atoms with Gasteiger partial charge in [0, 0.05) is 87.3 Å². The third kappa shape index (κ3) is 12.7. The summed E-state index contributed by atoms with van der Waals surface area (Å²) in [7, 11) is 3.20. The first kappa shape index (κ1) is 51.2. The molecule has 2 aromatic heterocycles. The molecule has 1 amide bonds. The number of amides is 1. The number of ether oxygens (including phenoxy) is 7. The van der Waals surface area contributed by atoms with Gasteiger partial charge in [0.1, 0.15) is 43.5 Å². The summed E-state index contributed by atoms with van der Waals surface area (Å²) in [6, 6.07) is 31.5. The van der Waals surface area contributed by atoms with Crippen molar-refractivity contribution in [1.82, 2.24) is 29.2 Å². The van der Waals surface area contributed by atoms with Gasteiger partial charge < -0.3 is 62.3 Å². The van der Waals surface area contributed by atoms with Gasteiger partial charge in [-0.25, -0.2) is 4.79 Å². The largest absolute Gasteiger partial charge is 0.496 e. The average molecular weight is 999 g/mol. The zero-order valence-electron chi connectivity index (χ0n) is 42.9. The van der Waals surface area contributed by atoms with Gasteiger partial charge in [0.15, 0.2) is 23.0 Å². The number of hydrogen-bond donors (Lipinski definition) is 1. The number of methoxy groups -OCH3 is 2. The Balaban J connectivity index is 0.000000183. The second-order valence-corrected chi connectivity index (χ2v) is 20.1. The second kappa shape index (κ2) is 23.4. The van der Waals surface area contributed by atoms with Crippen LogP contribution in [0.15, 0.2) is 107 Å². The zero-order chi connectivity index (χ0) is 50.9. The van der Waals surface area contributed by atoms with E-state index in [1.54, 1.807) is 26.4 Å². The fraction of sp³-hybridized carbons (Fsp3) is 0.456. The topological polar surface area (TPSA) is 147 Å². The summed E-state index contributed by atoms with van der Waals surface area (Å²) in [5.74, 6) is 4.35. The highest BCUT2D eigenvalue weighted by molar-refractivity contribution is 5.86. The van der Waals surface area contributed by atoms with Crippen LogP contribution < -0.4 is 44.9 Å². The van der Waals surface area contributed by atoms with E-state index in [1.165, 1.54) is 5.56 Å². The number of para-hydroxylation sites is 2. The molecule has 4 aliphatic heterocycles. The number of carbonyl (C=O) groups is 1. The van der Waals surface area contributed by atoms with Crippen molar-refractivity contribution in [2.24, 2.45) is 0 Å². The van der Waals surface area contributed by atoms with Crippen LogP contribution in [0.2, 0.25) is 0 Å². The number of benzene rings is 4.